The largest absolute Gasteiger partial charge is 0.345 e. The summed E-state index contributed by atoms with van der Waals surface area (Å²) in [6, 6.07) is 3.64. The van der Waals surface area contributed by atoms with Gasteiger partial charge in [0.25, 0.3) is 5.91 Å². The Bertz CT molecular complexity index is 1110. The molecule has 0 saturated heterocycles. The Balaban J connectivity index is 1.99. The van der Waals surface area contributed by atoms with Crippen molar-refractivity contribution in [1.29, 1.82) is 0 Å². The topological polar surface area (TPSA) is 96.7 Å². The van der Waals surface area contributed by atoms with Crippen molar-refractivity contribution in [3.63, 3.8) is 0 Å². The molecule has 0 radical (unpaired) electrons. The Morgan fingerprint density at radius 1 is 1.30 bits per heavy atom. The van der Waals surface area contributed by atoms with E-state index in [0.717, 1.165) is 10.4 Å². The lowest BCUT2D eigenvalue weighted by atomic mass is 10.1. The molecule has 1 N–H and O–H groups in total. The zero-order valence-electron chi connectivity index (χ0n) is 14.6. The highest BCUT2D eigenvalue weighted by Gasteiger charge is 2.31. The molecule has 142 valence electrons. The third-order valence-corrected chi connectivity index (χ3v) is 5.48. The number of aromatic nitrogens is 2. The maximum atomic E-state index is 13.3. The van der Waals surface area contributed by atoms with Crippen molar-refractivity contribution < 1.29 is 17.6 Å². The fourth-order valence-corrected chi connectivity index (χ4v) is 3.60. The molecule has 8 nitrogen and oxygen atoms in total. The monoisotopic (exact) mass is 411 g/mol. The SMILES string of the molecule is Cc1nn(C)cc1C1=NS(=O)(=O)N(C)C(C(=O)Nc2ccc(F)c(Cl)c2)=C1. The Morgan fingerprint density at radius 3 is 2.59 bits per heavy atom. The van der Waals surface area contributed by atoms with Crippen molar-refractivity contribution in [2.24, 2.45) is 11.4 Å². The molecule has 1 aliphatic heterocycles. The van der Waals surface area contributed by atoms with Crippen LogP contribution in [0.4, 0.5) is 10.1 Å². The number of amides is 1. The van der Waals surface area contributed by atoms with Crippen molar-refractivity contribution in [2.75, 3.05) is 12.4 Å². The van der Waals surface area contributed by atoms with Gasteiger partial charge in [-0.15, -0.1) is 4.40 Å². The van der Waals surface area contributed by atoms with E-state index >= 15 is 0 Å². The molecule has 0 unspecified atom stereocenters. The highest BCUT2D eigenvalue weighted by atomic mass is 35.5. The molecule has 0 aliphatic carbocycles. The number of nitrogens with zero attached hydrogens (tertiary/aromatic N) is 4. The maximum absolute atomic E-state index is 13.3. The summed E-state index contributed by atoms with van der Waals surface area (Å²) in [5.41, 5.74) is 1.23. The number of allylic oxidation sites excluding steroid dienone is 1. The molecule has 0 spiro atoms. The molecule has 2 aromatic rings. The molecule has 1 amide bonds. The minimum Gasteiger partial charge on any atom is -0.321 e. The number of rotatable bonds is 3. The van der Waals surface area contributed by atoms with E-state index in [9.17, 15) is 17.6 Å². The maximum Gasteiger partial charge on any atom is 0.345 e. The first-order valence-electron chi connectivity index (χ1n) is 7.66. The third kappa shape index (κ3) is 3.71. The summed E-state index contributed by atoms with van der Waals surface area (Å²) in [6.45, 7) is 1.71. The van der Waals surface area contributed by atoms with Crippen molar-refractivity contribution in [3.8, 4) is 0 Å². The van der Waals surface area contributed by atoms with Crippen LogP contribution in [-0.4, -0.2) is 41.2 Å². The number of likely N-dealkylation sites (N-methyl/N-ethyl adjacent to an activating group) is 1. The average molecular weight is 412 g/mol. The van der Waals surface area contributed by atoms with E-state index in [4.69, 9.17) is 11.6 Å². The van der Waals surface area contributed by atoms with Gasteiger partial charge in [-0.1, -0.05) is 11.6 Å². The Labute approximate surface area is 160 Å². The van der Waals surface area contributed by atoms with Gasteiger partial charge in [-0.05, 0) is 31.2 Å². The Kier molecular flexibility index (Phi) is 4.79. The second kappa shape index (κ2) is 6.78. The van der Waals surface area contributed by atoms with E-state index < -0.39 is 21.9 Å². The molecule has 0 saturated carbocycles. The van der Waals surface area contributed by atoms with Crippen LogP contribution in [0.3, 0.4) is 0 Å². The second-order valence-electron chi connectivity index (χ2n) is 5.84. The van der Waals surface area contributed by atoms with E-state index in [1.807, 2.05) is 0 Å². The van der Waals surface area contributed by atoms with Crippen LogP contribution >= 0.6 is 11.6 Å². The number of benzene rings is 1. The predicted octanol–water partition coefficient (Wildman–Crippen LogP) is 2.02. The van der Waals surface area contributed by atoms with Gasteiger partial charge in [0.2, 0.25) is 0 Å². The highest BCUT2D eigenvalue weighted by molar-refractivity contribution is 7.88. The number of carbonyl (C=O) groups is 1. The first kappa shape index (κ1) is 19.1. The standard InChI is InChI=1S/C16H15ClFN5O3S/c1-9-11(8-22(2)20-9)14-7-15(23(3)27(25,26)21-14)16(24)19-10-4-5-13(18)12(17)6-10/h4-8H,1-3H3,(H,19,24). The number of hydrogen-bond donors (Lipinski definition) is 1. The summed E-state index contributed by atoms with van der Waals surface area (Å²) in [7, 11) is -1.19. The average Bonchev–Trinajstić information content (AvgIpc) is 2.91. The number of anilines is 1. The summed E-state index contributed by atoms with van der Waals surface area (Å²) in [6.07, 6.45) is 2.96. The molecular formula is C16H15ClFN5O3S. The molecule has 1 aromatic carbocycles. The number of halogens is 2. The normalized spacial score (nSPS) is 16.0. The van der Waals surface area contributed by atoms with Gasteiger partial charge in [-0.25, -0.2) is 8.70 Å². The molecular weight excluding hydrogens is 397 g/mol. The lowest BCUT2D eigenvalue weighted by Crippen LogP contribution is -2.35. The number of aryl methyl sites for hydroxylation is 2. The van der Waals surface area contributed by atoms with Crippen LogP contribution in [0.1, 0.15) is 11.3 Å². The van der Waals surface area contributed by atoms with Crippen LogP contribution in [0.15, 0.2) is 40.6 Å². The van der Waals surface area contributed by atoms with Gasteiger partial charge in [0.05, 0.1) is 16.4 Å². The summed E-state index contributed by atoms with van der Waals surface area (Å²) >= 11 is 5.70. The van der Waals surface area contributed by atoms with Crippen LogP contribution in [-0.2, 0) is 22.1 Å². The number of carbonyl (C=O) groups excluding carboxylic acids is 1. The molecule has 1 aromatic heterocycles. The van der Waals surface area contributed by atoms with Gasteiger partial charge in [0.1, 0.15) is 11.5 Å². The summed E-state index contributed by atoms with van der Waals surface area (Å²) < 4.78 is 44.0. The minimum absolute atomic E-state index is 0.0981. The quantitative estimate of drug-likeness (QED) is 0.835. The van der Waals surface area contributed by atoms with Gasteiger partial charge in [0, 0.05) is 31.5 Å². The van der Waals surface area contributed by atoms with E-state index in [1.165, 1.54) is 29.9 Å². The molecule has 0 fully saturated rings. The molecule has 11 heteroatoms. The van der Waals surface area contributed by atoms with Gasteiger partial charge in [-0.2, -0.15) is 13.5 Å². The van der Waals surface area contributed by atoms with Crippen LogP contribution < -0.4 is 5.32 Å². The van der Waals surface area contributed by atoms with Crippen molar-refractivity contribution >= 4 is 39.1 Å². The first-order valence-corrected chi connectivity index (χ1v) is 9.43. The Morgan fingerprint density at radius 2 is 2.00 bits per heavy atom. The summed E-state index contributed by atoms with van der Waals surface area (Å²) in [5.74, 6) is -1.34. The lowest BCUT2D eigenvalue weighted by molar-refractivity contribution is -0.113. The van der Waals surface area contributed by atoms with Crippen molar-refractivity contribution in [3.05, 3.63) is 58.3 Å². The fraction of sp³-hybridized carbons (Fsp3) is 0.188. The van der Waals surface area contributed by atoms with Crippen molar-refractivity contribution in [1.82, 2.24) is 14.1 Å². The molecule has 0 bridgehead atoms. The zero-order valence-corrected chi connectivity index (χ0v) is 16.1. The summed E-state index contributed by atoms with van der Waals surface area (Å²) in [5, 5.41) is 6.49. The molecule has 0 atom stereocenters. The lowest BCUT2D eigenvalue weighted by Gasteiger charge is -2.23. The molecule has 3 rings (SSSR count). The zero-order chi connectivity index (χ0) is 19.9. The predicted molar refractivity (Wildman–Crippen MR) is 99.3 cm³/mol. The molecule has 2 heterocycles. The van der Waals surface area contributed by atoms with Crippen LogP contribution in [0.2, 0.25) is 5.02 Å². The molecule has 27 heavy (non-hydrogen) atoms. The molecule has 1 aliphatic rings. The number of hydrogen-bond acceptors (Lipinski definition) is 4. The minimum atomic E-state index is -4.10. The van der Waals surface area contributed by atoms with Gasteiger partial charge < -0.3 is 5.32 Å². The fourth-order valence-electron chi connectivity index (χ4n) is 2.51. The third-order valence-electron chi connectivity index (χ3n) is 3.87. The second-order valence-corrected chi connectivity index (χ2v) is 7.87. The van der Waals surface area contributed by atoms with Gasteiger partial charge >= 0.3 is 10.2 Å². The van der Waals surface area contributed by atoms with Crippen LogP contribution in [0.5, 0.6) is 0 Å². The van der Waals surface area contributed by atoms with E-state index in [2.05, 4.69) is 14.8 Å². The van der Waals surface area contributed by atoms with Crippen molar-refractivity contribution in [2.45, 2.75) is 6.92 Å². The smallest absolute Gasteiger partial charge is 0.321 e. The highest BCUT2D eigenvalue weighted by Crippen LogP contribution is 2.23. The first-order chi connectivity index (χ1) is 12.6. The number of nitrogens with one attached hydrogen (secondary N) is 1. The summed E-state index contributed by atoms with van der Waals surface area (Å²) in [4.78, 5) is 12.6. The van der Waals surface area contributed by atoms with E-state index in [1.54, 1.807) is 20.2 Å². The Hall–Kier alpha value is -2.72. The van der Waals surface area contributed by atoms with E-state index in [-0.39, 0.29) is 22.1 Å². The van der Waals surface area contributed by atoms with Gasteiger partial charge in [-0.3, -0.25) is 9.48 Å². The van der Waals surface area contributed by atoms with E-state index in [0.29, 0.717) is 11.3 Å². The van der Waals surface area contributed by atoms with Gasteiger partial charge in [0.15, 0.2) is 0 Å². The van der Waals surface area contributed by atoms with Crippen LogP contribution in [0.25, 0.3) is 0 Å². The van der Waals surface area contributed by atoms with Crippen LogP contribution in [0, 0.1) is 12.7 Å².